The smallest absolute Gasteiger partial charge is 0.431 e. The minimum atomic E-state index is -1.26. The van der Waals surface area contributed by atoms with Crippen LogP contribution in [-0.2, 0) is 20.8 Å². The van der Waals surface area contributed by atoms with Gasteiger partial charge in [0, 0.05) is 25.2 Å². The van der Waals surface area contributed by atoms with Gasteiger partial charge < -0.3 is 19.5 Å². The van der Waals surface area contributed by atoms with Gasteiger partial charge in [-0.2, -0.15) is 5.10 Å². The van der Waals surface area contributed by atoms with Crippen molar-refractivity contribution >= 4 is 23.5 Å². The third-order valence-electron chi connectivity index (χ3n) is 5.99. The molecule has 194 valence electrons. The zero-order valence-electron chi connectivity index (χ0n) is 20.9. The molecule has 1 aliphatic rings. The summed E-state index contributed by atoms with van der Waals surface area (Å²) in [5, 5.41) is 7.45. The van der Waals surface area contributed by atoms with Crippen molar-refractivity contribution in [3.63, 3.8) is 0 Å². The average molecular weight is 507 g/mol. The van der Waals surface area contributed by atoms with Crippen molar-refractivity contribution in [3.05, 3.63) is 70.8 Å². The summed E-state index contributed by atoms with van der Waals surface area (Å²) in [6.07, 6.45) is 5.44. The molecule has 0 amide bonds. The summed E-state index contributed by atoms with van der Waals surface area (Å²) in [4.78, 5) is 43.1. The standard InChI is InChI=1S/C27H30N4O6/c1-3-31-25(32)24(29-20-13-10-16-28-17-20)22(23(30-31)19-11-6-4-7-12-19)26(33)35-18(2)36-27(34)37-21-14-8-5-9-15-21/h4,6-7,10-13,16-18,21,29H,3,5,8-9,14-15H2,1-2H3. The number of carbonyl (C=O) groups excluding carboxylic acids is 2. The molecule has 4 rings (SSSR count). The summed E-state index contributed by atoms with van der Waals surface area (Å²) < 4.78 is 17.3. The van der Waals surface area contributed by atoms with Crippen molar-refractivity contribution in [3.8, 4) is 11.3 Å². The van der Waals surface area contributed by atoms with Gasteiger partial charge >= 0.3 is 12.1 Å². The minimum Gasteiger partial charge on any atom is -0.431 e. The number of nitrogens with zero attached hydrogens (tertiary/aromatic N) is 3. The highest BCUT2D eigenvalue weighted by Crippen LogP contribution is 2.28. The van der Waals surface area contributed by atoms with E-state index >= 15 is 0 Å². The van der Waals surface area contributed by atoms with Crippen molar-refractivity contribution < 1.29 is 23.8 Å². The van der Waals surface area contributed by atoms with Gasteiger partial charge in [-0.1, -0.05) is 36.8 Å². The van der Waals surface area contributed by atoms with E-state index in [-0.39, 0.29) is 29.6 Å². The largest absolute Gasteiger partial charge is 0.511 e. The van der Waals surface area contributed by atoms with E-state index in [2.05, 4.69) is 15.4 Å². The molecule has 3 aromatic rings. The van der Waals surface area contributed by atoms with E-state index in [4.69, 9.17) is 14.2 Å². The van der Waals surface area contributed by atoms with Crippen LogP contribution in [-0.4, -0.2) is 39.3 Å². The molecule has 2 heterocycles. The fourth-order valence-corrected chi connectivity index (χ4v) is 4.19. The number of hydrogen-bond acceptors (Lipinski definition) is 9. The summed E-state index contributed by atoms with van der Waals surface area (Å²) >= 11 is 0. The highest BCUT2D eigenvalue weighted by molar-refractivity contribution is 6.02. The second-order valence-electron chi connectivity index (χ2n) is 8.67. The van der Waals surface area contributed by atoms with Crippen LogP contribution in [0.3, 0.4) is 0 Å². The van der Waals surface area contributed by atoms with Gasteiger partial charge in [0.1, 0.15) is 23.0 Å². The van der Waals surface area contributed by atoms with Crippen LogP contribution in [0.4, 0.5) is 16.2 Å². The quantitative estimate of drug-likeness (QED) is 0.330. The van der Waals surface area contributed by atoms with E-state index in [9.17, 15) is 14.4 Å². The number of nitrogens with one attached hydrogen (secondary N) is 1. The summed E-state index contributed by atoms with van der Waals surface area (Å²) in [5.74, 6) is -0.879. The zero-order chi connectivity index (χ0) is 26.2. The number of hydrogen-bond donors (Lipinski definition) is 1. The number of aromatic nitrogens is 3. The highest BCUT2D eigenvalue weighted by Gasteiger charge is 2.28. The Labute approximate surface area is 214 Å². The molecule has 0 radical (unpaired) electrons. The lowest BCUT2D eigenvalue weighted by atomic mass is 9.98. The molecule has 2 aromatic heterocycles. The maximum Gasteiger partial charge on any atom is 0.511 e. The first-order valence-electron chi connectivity index (χ1n) is 12.4. The minimum absolute atomic E-state index is 0.0225. The lowest BCUT2D eigenvalue weighted by Gasteiger charge is -2.23. The maximum atomic E-state index is 13.5. The van der Waals surface area contributed by atoms with Gasteiger partial charge in [-0.05, 0) is 44.7 Å². The molecule has 1 saturated carbocycles. The Bertz CT molecular complexity index is 1270. The van der Waals surface area contributed by atoms with Crippen LogP contribution in [0.2, 0.25) is 0 Å². The van der Waals surface area contributed by atoms with E-state index in [1.165, 1.54) is 17.8 Å². The lowest BCUT2D eigenvalue weighted by Crippen LogP contribution is -2.31. The SMILES string of the molecule is CCn1nc(-c2ccccc2)c(C(=O)OC(C)OC(=O)OC2CCCCC2)c(Nc2cccnc2)c1=O. The molecule has 0 aliphatic heterocycles. The van der Waals surface area contributed by atoms with Gasteiger partial charge in [0.05, 0.1) is 11.9 Å². The van der Waals surface area contributed by atoms with Crippen LogP contribution >= 0.6 is 0 Å². The van der Waals surface area contributed by atoms with Crippen LogP contribution < -0.4 is 10.9 Å². The molecule has 10 heteroatoms. The molecule has 0 saturated heterocycles. The Kier molecular flexibility index (Phi) is 8.50. The third kappa shape index (κ3) is 6.52. The third-order valence-corrected chi connectivity index (χ3v) is 5.99. The van der Waals surface area contributed by atoms with E-state index < -0.39 is 24.0 Å². The van der Waals surface area contributed by atoms with Crippen LogP contribution in [0.25, 0.3) is 11.3 Å². The average Bonchev–Trinajstić information content (AvgIpc) is 2.91. The summed E-state index contributed by atoms with van der Waals surface area (Å²) in [5.41, 5.74) is 0.739. The molecular formula is C27H30N4O6. The number of anilines is 2. The molecule has 1 atom stereocenters. The number of carbonyl (C=O) groups is 2. The topological polar surface area (TPSA) is 122 Å². The van der Waals surface area contributed by atoms with Crippen LogP contribution in [0.15, 0.2) is 59.7 Å². The number of pyridine rings is 1. The summed E-state index contributed by atoms with van der Waals surface area (Å²) in [6, 6.07) is 12.4. The monoisotopic (exact) mass is 506 g/mol. The van der Waals surface area contributed by atoms with Crippen LogP contribution in [0, 0.1) is 0 Å². The molecule has 0 spiro atoms. The molecule has 1 N–H and O–H groups in total. The van der Waals surface area contributed by atoms with E-state index in [0.29, 0.717) is 11.3 Å². The molecule has 37 heavy (non-hydrogen) atoms. The second-order valence-corrected chi connectivity index (χ2v) is 8.67. The lowest BCUT2D eigenvalue weighted by molar-refractivity contribution is -0.0914. The normalized spacial score (nSPS) is 14.4. The van der Waals surface area contributed by atoms with Gasteiger partial charge in [0.15, 0.2) is 0 Å². The van der Waals surface area contributed by atoms with Crippen molar-refractivity contribution in [1.82, 2.24) is 14.8 Å². The fraction of sp³-hybridized carbons (Fsp3) is 0.370. The molecular weight excluding hydrogens is 476 g/mol. The number of aryl methyl sites for hydroxylation is 1. The Balaban J connectivity index is 1.65. The van der Waals surface area contributed by atoms with Crippen molar-refractivity contribution in [2.75, 3.05) is 5.32 Å². The molecule has 1 unspecified atom stereocenters. The zero-order valence-corrected chi connectivity index (χ0v) is 20.9. The van der Waals surface area contributed by atoms with Gasteiger partial charge in [-0.3, -0.25) is 9.78 Å². The van der Waals surface area contributed by atoms with Gasteiger partial charge in [-0.15, -0.1) is 0 Å². The Morgan fingerprint density at radius 1 is 1.08 bits per heavy atom. The molecule has 1 aromatic carbocycles. The van der Waals surface area contributed by atoms with E-state index in [1.807, 2.05) is 6.07 Å². The van der Waals surface area contributed by atoms with Gasteiger partial charge in [0.25, 0.3) is 5.56 Å². The second kappa shape index (κ2) is 12.2. The molecule has 0 bridgehead atoms. The van der Waals surface area contributed by atoms with E-state index in [1.54, 1.807) is 49.5 Å². The van der Waals surface area contributed by atoms with Gasteiger partial charge in [0.2, 0.25) is 6.29 Å². The first-order valence-corrected chi connectivity index (χ1v) is 12.4. The number of esters is 1. The molecule has 1 aliphatic carbocycles. The Hall–Kier alpha value is -4.21. The Morgan fingerprint density at radius 3 is 2.51 bits per heavy atom. The number of rotatable bonds is 8. The first-order chi connectivity index (χ1) is 18.0. The van der Waals surface area contributed by atoms with Crippen molar-refractivity contribution in [2.45, 2.75) is 64.9 Å². The fourth-order valence-electron chi connectivity index (χ4n) is 4.19. The predicted octanol–water partition coefficient (Wildman–Crippen LogP) is 5.06. The summed E-state index contributed by atoms with van der Waals surface area (Å²) in [7, 11) is 0. The highest BCUT2D eigenvalue weighted by atomic mass is 16.8. The summed E-state index contributed by atoms with van der Waals surface area (Å²) in [6.45, 7) is 3.47. The number of ether oxygens (including phenoxy) is 3. The Morgan fingerprint density at radius 2 is 1.84 bits per heavy atom. The van der Waals surface area contributed by atoms with Gasteiger partial charge in [-0.25, -0.2) is 14.3 Å². The van der Waals surface area contributed by atoms with E-state index in [0.717, 1.165) is 32.1 Å². The number of benzene rings is 1. The molecule has 1 fully saturated rings. The van der Waals surface area contributed by atoms with Crippen molar-refractivity contribution in [1.29, 1.82) is 0 Å². The van der Waals surface area contributed by atoms with Crippen molar-refractivity contribution in [2.24, 2.45) is 0 Å². The first kappa shape index (κ1) is 25.9. The maximum absolute atomic E-state index is 13.5. The molecule has 10 nitrogen and oxygen atoms in total. The predicted molar refractivity (Wildman–Crippen MR) is 136 cm³/mol. The van der Waals surface area contributed by atoms with Crippen LogP contribution in [0.5, 0.6) is 0 Å². The van der Waals surface area contributed by atoms with Crippen LogP contribution in [0.1, 0.15) is 56.3 Å².